The zero-order valence-corrected chi connectivity index (χ0v) is 32.6. The van der Waals surface area contributed by atoms with Crippen LogP contribution < -0.4 is 16.0 Å². The molecule has 294 valence electrons. The molecule has 0 aromatic rings. The lowest BCUT2D eigenvalue weighted by Crippen LogP contribution is -2.56. The van der Waals surface area contributed by atoms with E-state index in [9.17, 15) is 33.5 Å². The van der Waals surface area contributed by atoms with Crippen molar-refractivity contribution in [3.05, 3.63) is 36.2 Å². The van der Waals surface area contributed by atoms with Gasteiger partial charge in [0.05, 0.1) is 49.2 Å². The lowest BCUT2D eigenvalue weighted by atomic mass is 9.90. The highest BCUT2D eigenvalue weighted by Crippen LogP contribution is 2.50. The highest BCUT2D eigenvalue weighted by atomic mass is 19.1. The van der Waals surface area contributed by atoms with Crippen LogP contribution in [-0.2, 0) is 33.4 Å². The zero-order valence-electron chi connectivity index (χ0n) is 32.6. The second-order valence-electron chi connectivity index (χ2n) is 14.4. The van der Waals surface area contributed by atoms with Gasteiger partial charge in [-0.3, -0.25) is 19.2 Å². The van der Waals surface area contributed by atoms with Crippen molar-refractivity contribution in [1.29, 1.82) is 0 Å². The van der Waals surface area contributed by atoms with Gasteiger partial charge in [0, 0.05) is 33.7 Å². The van der Waals surface area contributed by atoms with Crippen molar-refractivity contribution in [2.24, 2.45) is 23.7 Å². The number of hydrogen-bond donors (Lipinski definition) is 4. The van der Waals surface area contributed by atoms with Gasteiger partial charge in [0.1, 0.15) is 11.9 Å². The lowest BCUT2D eigenvalue weighted by molar-refractivity contribution is -0.148. The summed E-state index contributed by atoms with van der Waals surface area (Å²) in [5, 5.41) is 18.1. The Morgan fingerprint density at radius 1 is 1.06 bits per heavy atom. The number of allylic oxidation sites excluding steroid dienone is 4. The first-order valence-electron chi connectivity index (χ1n) is 18.3. The van der Waals surface area contributed by atoms with E-state index in [1.165, 1.54) is 39.4 Å². The Labute approximate surface area is 308 Å². The van der Waals surface area contributed by atoms with Gasteiger partial charge in [0.15, 0.2) is 0 Å². The molecule has 14 heteroatoms. The molecule has 0 aromatic carbocycles. The normalized spacial score (nSPS) is 22.7. The van der Waals surface area contributed by atoms with Crippen molar-refractivity contribution in [1.82, 2.24) is 25.8 Å². The van der Waals surface area contributed by atoms with Crippen molar-refractivity contribution in [3.8, 4) is 0 Å². The highest BCUT2D eigenvalue weighted by molar-refractivity contribution is 5.88. The van der Waals surface area contributed by atoms with E-state index in [4.69, 9.17) is 9.47 Å². The number of rotatable bonds is 22. The Bertz CT molecular complexity index is 1340. The van der Waals surface area contributed by atoms with E-state index in [0.717, 1.165) is 6.42 Å². The van der Waals surface area contributed by atoms with Crippen LogP contribution in [0.25, 0.3) is 0 Å². The van der Waals surface area contributed by atoms with Crippen molar-refractivity contribution in [2.45, 2.75) is 116 Å². The van der Waals surface area contributed by atoms with E-state index in [1.807, 2.05) is 27.7 Å². The summed E-state index contributed by atoms with van der Waals surface area (Å²) in [7, 11) is 6.32. The third-order valence-corrected chi connectivity index (χ3v) is 10.7. The monoisotopic (exact) mass is 735 g/mol. The summed E-state index contributed by atoms with van der Waals surface area (Å²) in [5.74, 6) is -3.95. The van der Waals surface area contributed by atoms with E-state index < -0.39 is 60.0 Å². The van der Waals surface area contributed by atoms with E-state index >= 15 is 0 Å². The number of fused-ring (bicyclic) bond motifs is 1. The van der Waals surface area contributed by atoms with Gasteiger partial charge in [-0.1, -0.05) is 65.8 Å². The van der Waals surface area contributed by atoms with Crippen molar-refractivity contribution >= 4 is 29.6 Å². The molecule has 52 heavy (non-hydrogen) atoms. The van der Waals surface area contributed by atoms with E-state index in [0.29, 0.717) is 12.8 Å². The first-order valence-corrected chi connectivity index (χ1v) is 18.3. The van der Waals surface area contributed by atoms with Crippen LogP contribution in [0.2, 0.25) is 0 Å². The van der Waals surface area contributed by atoms with Gasteiger partial charge in [-0.05, 0) is 50.1 Å². The molecule has 1 aliphatic heterocycles. The maximum Gasteiger partial charge on any atom is 0.326 e. The SMILES string of the molecule is C=C/C=C(CC(NC(=O)C(C)C(OC)C1CC2CC2N1C(=O)CC(OC)C(C(C)CC)N(C)C(=O)CNC(=O)C(NC)C(C)C)C(=O)O)\C(F)=C/C. The molecule has 0 aromatic heterocycles. The van der Waals surface area contributed by atoms with E-state index in [2.05, 4.69) is 22.5 Å². The van der Waals surface area contributed by atoms with Gasteiger partial charge in [-0.15, -0.1) is 0 Å². The van der Waals surface area contributed by atoms with Gasteiger partial charge >= 0.3 is 5.97 Å². The third kappa shape index (κ3) is 11.2. The maximum atomic E-state index is 14.4. The van der Waals surface area contributed by atoms with Gasteiger partial charge in [-0.25, -0.2) is 9.18 Å². The Morgan fingerprint density at radius 2 is 1.71 bits per heavy atom. The number of hydrogen-bond acceptors (Lipinski definition) is 8. The minimum Gasteiger partial charge on any atom is -0.480 e. The van der Waals surface area contributed by atoms with Crippen LogP contribution in [0.4, 0.5) is 4.39 Å². The quantitative estimate of drug-likeness (QED) is 0.122. The Balaban J connectivity index is 2.25. The molecule has 4 amide bonds. The summed E-state index contributed by atoms with van der Waals surface area (Å²) in [6.45, 7) is 14.3. The number of likely N-dealkylation sites (tertiary alicyclic amines) is 1. The Kier molecular flexibility index (Phi) is 17.6. The number of amides is 4. The minimum atomic E-state index is -1.41. The summed E-state index contributed by atoms with van der Waals surface area (Å²) < 4.78 is 26.2. The molecule has 10 atom stereocenters. The van der Waals surface area contributed by atoms with Crippen LogP contribution in [-0.4, -0.2) is 122 Å². The fourth-order valence-corrected chi connectivity index (χ4v) is 7.49. The largest absolute Gasteiger partial charge is 0.480 e. The molecule has 13 nitrogen and oxygen atoms in total. The first-order chi connectivity index (χ1) is 24.5. The summed E-state index contributed by atoms with van der Waals surface area (Å²) >= 11 is 0. The average Bonchev–Trinajstić information content (AvgIpc) is 3.77. The number of carboxylic acids is 1. The lowest BCUT2D eigenvalue weighted by Gasteiger charge is -2.40. The van der Waals surface area contributed by atoms with Crippen molar-refractivity contribution in [2.75, 3.05) is 34.9 Å². The van der Waals surface area contributed by atoms with Crippen LogP contribution in [0.1, 0.15) is 73.6 Å². The molecule has 0 spiro atoms. The van der Waals surface area contributed by atoms with Crippen LogP contribution in [0.5, 0.6) is 0 Å². The minimum absolute atomic E-state index is 0.0252. The van der Waals surface area contributed by atoms with Crippen LogP contribution >= 0.6 is 0 Å². The summed E-state index contributed by atoms with van der Waals surface area (Å²) in [6.07, 6.45) is 4.32. The molecule has 0 bridgehead atoms. The molecule has 10 unspecified atom stereocenters. The van der Waals surface area contributed by atoms with E-state index in [1.54, 1.807) is 30.8 Å². The number of methoxy groups -OCH3 is 2. The number of ether oxygens (including phenoxy) is 2. The predicted molar refractivity (Wildman–Crippen MR) is 197 cm³/mol. The van der Waals surface area contributed by atoms with E-state index in [-0.39, 0.29) is 66.5 Å². The fraction of sp³-hybridized carbons (Fsp3) is 0.711. The number of carbonyl (C=O) groups excluding carboxylic acids is 4. The second-order valence-corrected chi connectivity index (χ2v) is 14.4. The number of likely N-dealkylation sites (N-methyl/N-ethyl adjacent to an activating group) is 2. The van der Waals surface area contributed by atoms with Gasteiger partial charge in [-0.2, -0.15) is 0 Å². The molecule has 2 rings (SSSR count). The number of halogens is 1. The summed E-state index contributed by atoms with van der Waals surface area (Å²) in [5.41, 5.74) is 0.0860. The highest BCUT2D eigenvalue weighted by Gasteiger charge is 2.57. The number of nitrogens with zero attached hydrogens (tertiary/aromatic N) is 2. The number of carbonyl (C=O) groups is 5. The summed E-state index contributed by atoms with van der Waals surface area (Å²) in [6, 6.07) is -2.82. The topological polar surface area (TPSA) is 167 Å². The van der Waals surface area contributed by atoms with Gasteiger partial charge in [0.2, 0.25) is 23.6 Å². The molecule has 0 radical (unpaired) electrons. The number of nitrogens with one attached hydrogen (secondary N) is 3. The predicted octanol–water partition coefficient (Wildman–Crippen LogP) is 3.21. The fourth-order valence-electron chi connectivity index (χ4n) is 7.49. The molecule has 1 aliphatic carbocycles. The molecule has 2 aliphatic rings. The van der Waals surface area contributed by atoms with Crippen LogP contribution in [0, 0.1) is 23.7 Å². The third-order valence-electron chi connectivity index (χ3n) is 10.7. The number of aliphatic carboxylic acids is 1. The Morgan fingerprint density at radius 3 is 2.21 bits per heavy atom. The van der Waals surface area contributed by atoms with Crippen LogP contribution in [0.3, 0.4) is 0 Å². The number of piperidine rings is 1. The maximum absolute atomic E-state index is 14.4. The van der Waals surface area contributed by atoms with Gasteiger partial charge in [0.25, 0.3) is 0 Å². The number of carboxylic acid groups (broad SMARTS) is 1. The summed E-state index contributed by atoms with van der Waals surface area (Å²) in [4.78, 5) is 69.3. The van der Waals surface area contributed by atoms with Crippen molar-refractivity contribution < 1.29 is 42.9 Å². The van der Waals surface area contributed by atoms with Crippen LogP contribution in [0.15, 0.2) is 36.2 Å². The van der Waals surface area contributed by atoms with Gasteiger partial charge < -0.3 is 40.3 Å². The Hall–Kier alpha value is -3.62. The van der Waals surface area contributed by atoms with Crippen molar-refractivity contribution in [3.63, 3.8) is 0 Å². The smallest absolute Gasteiger partial charge is 0.326 e. The average molecular weight is 736 g/mol. The zero-order chi connectivity index (χ0) is 39.4. The molecule has 4 N–H and O–H groups in total. The first kappa shape index (κ1) is 44.5. The second kappa shape index (κ2) is 20.6. The molecule has 1 heterocycles. The molecular formula is C38H62FN5O8. The molecule has 1 saturated carbocycles. The molecule has 1 saturated heterocycles. The molecule has 2 fully saturated rings. The molecular weight excluding hydrogens is 673 g/mol. The standard InChI is InChI=1S/C38H62FN5O8/c1-12-15-24(26(39)14-3)16-27(38(49)50)42-36(47)23(7)35(52-11)29-18-25-17-28(25)44(29)31(45)19-30(51-10)34(22(6)13-2)43(9)32(46)20-41-37(48)33(40-8)21(4)5/h12,14-15,21-23,25,27-30,33-35,40H,1,13,16-20H2,2-11H3,(H,41,48)(H,42,47)(H,49,50)/b24-15-,26-14+.